The van der Waals surface area contributed by atoms with Gasteiger partial charge in [0.15, 0.2) is 0 Å². The SMILES string of the molecule is COc1ccc(OCCn2c(COc3cccc(C)c3)nc3ccccc32)cc1. The Bertz CT molecular complexity index is 1090. The van der Waals surface area contributed by atoms with Crippen LogP contribution in [0.15, 0.2) is 72.8 Å². The van der Waals surface area contributed by atoms with Crippen molar-refractivity contribution in [2.24, 2.45) is 0 Å². The van der Waals surface area contributed by atoms with Gasteiger partial charge < -0.3 is 18.8 Å². The minimum Gasteiger partial charge on any atom is -0.497 e. The van der Waals surface area contributed by atoms with Crippen LogP contribution in [0.3, 0.4) is 0 Å². The summed E-state index contributed by atoms with van der Waals surface area (Å²) >= 11 is 0. The Labute approximate surface area is 170 Å². The highest BCUT2D eigenvalue weighted by molar-refractivity contribution is 5.75. The van der Waals surface area contributed by atoms with Gasteiger partial charge in [0, 0.05) is 0 Å². The van der Waals surface area contributed by atoms with E-state index in [9.17, 15) is 0 Å². The van der Waals surface area contributed by atoms with Crippen LogP contribution < -0.4 is 14.2 Å². The number of aromatic nitrogens is 2. The van der Waals surface area contributed by atoms with E-state index in [-0.39, 0.29) is 0 Å². The summed E-state index contributed by atoms with van der Waals surface area (Å²) in [6, 6.07) is 23.8. The largest absolute Gasteiger partial charge is 0.497 e. The molecule has 1 aromatic heterocycles. The lowest BCUT2D eigenvalue weighted by atomic mass is 10.2. The summed E-state index contributed by atoms with van der Waals surface area (Å²) in [4.78, 5) is 4.76. The lowest BCUT2D eigenvalue weighted by molar-refractivity contribution is 0.272. The van der Waals surface area contributed by atoms with E-state index in [1.807, 2.05) is 60.7 Å². The van der Waals surface area contributed by atoms with Gasteiger partial charge in [-0.25, -0.2) is 4.98 Å². The third-order valence-electron chi connectivity index (χ3n) is 4.73. The van der Waals surface area contributed by atoms with Gasteiger partial charge in [-0.05, 0) is 61.0 Å². The van der Waals surface area contributed by atoms with E-state index < -0.39 is 0 Å². The number of benzene rings is 3. The highest BCUT2D eigenvalue weighted by atomic mass is 16.5. The molecular weight excluding hydrogens is 364 g/mol. The fourth-order valence-electron chi connectivity index (χ4n) is 3.26. The fourth-order valence-corrected chi connectivity index (χ4v) is 3.26. The second kappa shape index (κ2) is 8.69. The lowest BCUT2D eigenvalue weighted by Gasteiger charge is -2.12. The summed E-state index contributed by atoms with van der Waals surface area (Å²) in [6.07, 6.45) is 0. The number of fused-ring (bicyclic) bond motifs is 1. The Morgan fingerprint density at radius 2 is 1.62 bits per heavy atom. The summed E-state index contributed by atoms with van der Waals surface area (Å²) in [7, 11) is 1.65. The van der Waals surface area contributed by atoms with Gasteiger partial charge in [-0.15, -0.1) is 0 Å². The number of hydrogen-bond donors (Lipinski definition) is 0. The van der Waals surface area contributed by atoms with E-state index in [0.717, 1.165) is 34.1 Å². The molecule has 5 nitrogen and oxygen atoms in total. The van der Waals surface area contributed by atoms with E-state index in [0.29, 0.717) is 19.8 Å². The molecule has 0 fully saturated rings. The van der Waals surface area contributed by atoms with E-state index in [2.05, 4.69) is 23.6 Å². The number of hydrogen-bond acceptors (Lipinski definition) is 4. The molecule has 5 heteroatoms. The van der Waals surface area contributed by atoms with Gasteiger partial charge in [0.05, 0.1) is 24.7 Å². The van der Waals surface area contributed by atoms with E-state index in [1.165, 1.54) is 5.56 Å². The van der Waals surface area contributed by atoms with Crippen LogP contribution in [-0.2, 0) is 13.2 Å². The maximum atomic E-state index is 6.00. The molecule has 0 radical (unpaired) electrons. The van der Waals surface area contributed by atoms with Crippen molar-refractivity contribution < 1.29 is 14.2 Å². The van der Waals surface area contributed by atoms with Crippen molar-refractivity contribution in [2.45, 2.75) is 20.1 Å². The summed E-state index contributed by atoms with van der Waals surface area (Å²) in [5.41, 5.74) is 3.21. The number of imidazole rings is 1. The molecule has 0 saturated carbocycles. The molecule has 0 N–H and O–H groups in total. The summed E-state index contributed by atoms with van der Waals surface area (Å²) in [5, 5.41) is 0. The highest BCUT2D eigenvalue weighted by Crippen LogP contribution is 2.20. The molecule has 0 aliphatic carbocycles. The predicted octanol–water partition coefficient (Wildman–Crippen LogP) is 5.01. The highest BCUT2D eigenvalue weighted by Gasteiger charge is 2.11. The first-order valence-electron chi connectivity index (χ1n) is 9.63. The maximum Gasteiger partial charge on any atom is 0.148 e. The third-order valence-corrected chi connectivity index (χ3v) is 4.73. The molecule has 0 amide bonds. The average molecular weight is 388 g/mol. The molecule has 0 aliphatic rings. The molecule has 0 atom stereocenters. The van der Waals surface area contributed by atoms with Crippen LogP contribution in [0.25, 0.3) is 11.0 Å². The molecule has 3 aromatic carbocycles. The second-order valence-corrected chi connectivity index (χ2v) is 6.80. The summed E-state index contributed by atoms with van der Waals surface area (Å²) in [6.45, 7) is 3.67. The Kier molecular flexibility index (Phi) is 5.66. The molecule has 4 aromatic rings. The van der Waals surface area contributed by atoms with Gasteiger partial charge >= 0.3 is 0 Å². The molecule has 0 aliphatic heterocycles. The Morgan fingerprint density at radius 3 is 2.41 bits per heavy atom. The van der Waals surface area contributed by atoms with Crippen molar-refractivity contribution >= 4 is 11.0 Å². The minimum atomic E-state index is 0.403. The lowest BCUT2D eigenvalue weighted by Crippen LogP contribution is -2.13. The topological polar surface area (TPSA) is 45.5 Å². The number of aryl methyl sites for hydroxylation is 1. The standard InChI is InChI=1S/C24H24N2O3/c1-18-6-5-7-21(16-18)29-17-24-25-22-8-3-4-9-23(22)26(24)14-15-28-20-12-10-19(27-2)11-13-20/h3-13,16H,14-15,17H2,1-2H3. The van der Waals surface area contributed by atoms with E-state index >= 15 is 0 Å². The number of ether oxygens (including phenoxy) is 3. The first-order valence-corrected chi connectivity index (χ1v) is 9.63. The number of para-hydroxylation sites is 2. The molecular formula is C24H24N2O3. The zero-order chi connectivity index (χ0) is 20.1. The van der Waals surface area contributed by atoms with Crippen molar-refractivity contribution in [1.82, 2.24) is 9.55 Å². The molecule has 1 heterocycles. The van der Waals surface area contributed by atoms with Gasteiger partial charge in [-0.2, -0.15) is 0 Å². The van der Waals surface area contributed by atoms with Gasteiger partial charge in [0.2, 0.25) is 0 Å². The van der Waals surface area contributed by atoms with Crippen LogP contribution in [0.5, 0.6) is 17.2 Å². The van der Waals surface area contributed by atoms with Crippen LogP contribution >= 0.6 is 0 Å². The van der Waals surface area contributed by atoms with Crippen LogP contribution in [-0.4, -0.2) is 23.3 Å². The molecule has 0 saturated heterocycles. The third kappa shape index (κ3) is 4.51. The van der Waals surface area contributed by atoms with Gasteiger partial charge in [-0.1, -0.05) is 24.3 Å². The van der Waals surface area contributed by atoms with Gasteiger partial charge in [0.25, 0.3) is 0 Å². The smallest absolute Gasteiger partial charge is 0.148 e. The zero-order valence-corrected chi connectivity index (χ0v) is 16.7. The molecule has 148 valence electrons. The Balaban J connectivity index is 1.48. The minimum absolute atomic E-state index is 0.403. The second-order valence-electron chi connectivity index (χ2n) is 6.80. The molecule has 4 rings (SSSR count). The monoisotopic (exact) mass is 388 g/mol. The van der Waals surface area contributed by atoms with Gasteiger partial charge in [-0.3, -0.25) is 0 Å². The molecule has 0 bridgehead atoms. The van der Waals surface area contributed by atoms with Crippen molar-refractivity contribution in [2.75, 3.05) is 13.7 Å². The van der Waals surface area contributed by atoms with E-state index in [1.54, 1.807) is 7.11 Å². The Hall–Kier alpha value is -3.47. The van der Waals surface area contributed by atoms with Crippen LogP contribution in [0.2, 0.25) is 0 Å². The number of rotatable bonds is 8. The van der Waals surface area contributed by atoms with Gasteiger partial charge in [0.1, 0.15) is 36.3 Å². The zero-order valence-electron chi connectivity index (χ0n) is 16.7. The maximum absolute atomic E-state index is 6.00. The molecule has 0 unspecified atom stereocenters. The first-order chi connectivity index (χ1) is 14.2. The van der Waals surface area contributed by atoms with Crippen molar-refractivity contribution in [1.29, 1.82) is 0 Å². The normalized spacial score (nSPS) is 10.8. The van der Waals surface area contributed by atoms with E-state index in [4.69, 9.17) is 19.2 Å². The first kappa shape index (κ1) is 18.9. The van der Waals surface area contributed by atoms with Crippen LogP contribution in [0, 0.1) is 6.92 Å². The molecule has 29 heavy (non-hydrogen) atoms. The van der Waals surface area contributed by atoms with Crippen LogP contribution in [0.4, 0.5) is 0 Å². The fraction of sp³-hybridized carbons (Fsp3) is 0.208. The van der Waals surface area contributed by atoms with Crippen molar-refractivity contribution in [3.05, 3.63) is 84.2 Å². The summed E-state index contributed by atoms with van der Waals surface area (Å²) in [5.74, 6) is 3.35. The quantitative estimate of drug-likeness (QED) is 0.426. The molecule has 0 spiro atoms. The van der Waals surface area contributed by atoms with Crippen LogP contribution in [0.1, 0.15) is 11.4 Å². The average Bonchev–Trinajstić information content (AvgIpc) is 3.10. The van der Waals surface area contributed by atoms with Crippen molar-refractivity contribution in [3.63, 3.8) is 0 Å². The predicted molar refractivity (Wildman–Crippen MR) is 114 cm³/mol. The summed E-state index contributed by atoms with van der Waals surface area (Å²) < 4.78 is 19.3. The Morgan fingerprint density at radius 1 is 0.828 bits per heavy atom. The number of nitrogens with zero attached hydrogens (tertiary/aromatic N) is 2. The van der Waals surface area contributed by atoms with Crippen molar-refractivity contribution in [3.8, 4) is 17.2 Å². The number of methoxy groups -OCH3 is 1.